The highest BCUT2D eigenvalue weighted by Gasteiger charge is 2.45. The summed E-state index contributed by atoms with van der Waals surface area (Å²) in [6.45, 7) is 4.00. The smallest absolute Gasteiger partial charge is 0.315 e. The molecule has 0 saturated carbocycles. The molecule has 4 nitrogen and oxygen atoms in total. The first-order valence-corrected chi connectivity index (χ1v) is 5.59. The average Bonchev–Trinajstić information content (AvgIpc) is 2.36. The van der Waals surface area contributed by atoms with Crippen LogP contribution in [0, 0.1) is 11.8 Å². The minimum Gasteiger partial charge on any atom is -0.497 e. The first kappa shape index (κ1) is 13.8. The summed E-state index contributed by atoms with van der Waals surface area (Å²) in [5.41, 5.74) is -0.715. The summed E-state index contributed by atoms with van der Waals surface area (Å²) in [5, 5.41) is 0. The van der Waals surface area contributed by atoms with Crippen LogP contribution in [0.5, 0.6) is 0 Å². The molecule has 2 atom stereocenters. The lowest BCUT2D eigenvalue weighted by Gasteiger charge is -2.39. The van der Waals surface area contributed by atoms with E-state index >= 15 is 0 Å². The van der Waals surface area contributed by atoms with Crippen molar-refractivity contribution in [1.29, 1.82) is 0 Å². The second-order valence-corrected chi connectivity index (χ2v) is 4.32. The molecule has 0 bridgehead atoms. The maximum absolute atomic E-state index is 11.8. The highest BCUT2D eigenvalue weighted by atomic mass is 16.5. The largest absolute Gasteiger partial charge is 0.497 e. The van der Waals surface area contributed by atoms with Gasteiger partial charge in [0.2, 0.25) is 0 Å². The lowest BCUT2D eigenvalue weighted by Crippen LogP contribution is -2.48. The molecule has 0 fully saturated rings. The number of ether oxygens (including phenoxy) is 3. The second-order valence-electron chi connectivity index (χ2n) is 4.32. The maximum atomic E-state index is 11.8. The zero-order valence-corrected chi connectivity index (χ0v) is 11.0. The predicted molar refractivity (Wildman–Crippen MR) is 64.3 cm³/mol. The van der Waals surface area contributed by atoms with E-state index in [2.05, 4.69) is 0 Å². The van der Waals surface area contributed by atoms with Gasteiger partial charge in [0.05, 0.1) is 14.2 Å². The zero-order valence-electron chi connectivity index (χ0n) is 11.0. The van der Waals surface area contributed by atoms with E-state index in [-0.39, 0.29) is 11.9 Å². The van der Waals surface area contributed by atoms with Crippen LogP contribution in [0.4, 0.5) is 0 Å². The minimum atomic E-state index is -0.715. The summed E-state index contributed by atoms with van der Waals surface area (Å²) in [4.78, 5) is 11.8. The molecule has 2 unspecified atom stereocenters. The molecule has 0 aromatic rings. The van der Waals surface area contributed by atoms with Crippen LogP contribution in [0.1, 0.15) is 13.8 Å². The number of allylic oxidation sites excluding steroid dienone is 1. The molecule has 1 aliphatic rings. The Morgan fingerprint density at radius 1 is 1.35 bits per heavy atom. The van der Waals surface area contributed by atoms with Crippen molar-refractivity contribution < 1.29 is 19.0 Å². The van der Waals surface area contributed by atoms with Gasteiger partial charge in [-0.3, -0.25) is 4.79 Å². The average molecular weight is 240 g/mol. The van der Waals surface area contributed by atoms with Gasteiger partial charge in [0.25, 0.3) is 0 Å². The highest BCUT2D eigenvalue weighted by molar-refractivity contribution is 5.77. The molecule has 1 aliphatic carbocycles. The molecule has 0 aliphatic heterocycles. The molecule has 4 heteroatoms. The highest BCUT2D eigenvalue weighted by Crippen LogP contribution is 2.37. The minimum absolute atomic E-state index is 0.117. The first-order chi connectivity index (χ1) is 8.01. The van der Waals surface area contributed by atoms with Crippen molar-refractivity contribution in [3.8, 4) is 0 Å². The fourth-order valence-corrected chi connectivity index (χ4v) is 2.17. The summed E-state index contributed by atoms with van der Waals surface area (Å²) in [5.74, 6) is 0.0620. The van der Waals surface area contributed by atoms with Gasteiger partial charge in [0.1, 0.15) is 17.3 Å². The normalized spacial score (nSPS) is 27.9. The van der Waals surface area contributed by atoms with Crippen molar-refractivity contribution in [3.63, 3.8) is 0 Å². The summed E-state index contributed by atoms with van der Waals surface area (Å²) in [7, 11) is 4.57. The van der Waals surface area contributed by atoms with Crippen molar-refractivity contribution in [3.05, 3.63) is 24.0 Å². The van der Waals surface area contributed by atoms with Crippen LogP contribution in [-0.4, -0.2) is 32.9 Å². The quantitative estimate of drug-likeness (QED) is 0.704. The summed E-state index contributed by atoms with van der Waals surface area (Å²) in [6.07, 6.45) is 5.38. The molecule has 1 rings (SSSR count). The van der Waals surface area contributed by atoms with Crippen molar-refractivity contribution in [2.75, 3.05) is 21.3 Å². The first-order valence-electron chi connectivity index (χ1n) is 5.59. The summed E-state index contributed by atoms with van der Waals surface area (Å²) in [6, 6.07) is 0. The van der Waals surface area contributed by atoms with Crippen molar-refractivity contribution in [2.24, 2.45) is 11.8 Å². The lowest BCUT2D eigenvalue weighted by atomic mass is 9.75. The molecule has 0 aromatic carbocycles. The topological polar surface area (TPSA) is 44.8 Å². The van der Waals surface area contributed by atoms with Gasteiger partial charge in [-0.1, -0.05) is 19.9 Å². The molecule has 17 heavy (non-hydrogen) atoms. The second kappa shape index (κ2) is 5.36. The van der Waals surface area contributed by atoms with E-state index in [1.807, 2.05) is 19.9 Å². The third-order valence-electron chi connectivity index (χ3n) is 3.25. The van der Waals surface area contributed by atoms with E-state index in [1.165, 1.54) is 7.11 Å². The molecule has 0 aromatic heterocycles. The Labute approximate surface area is 102 Å². The van der Waals surface area contributed by atoms with Crippen LogP contribution in [0.25, 0.3) is 0 Å². The fourth-order valence-electron chi connectivity index (χ4n) is 2.17. The Morgan fingerprint density at radius 2 is 2.00 bits per heavy atom. The standard InChI is InChI=1S/C13H20O4/c1-9(2)13(17-5)8-10(15-3)6-7-11(13)12(14)16-4/h6-9,11H,1-5H3. The van der Waals surface area contributed by atoms with Crippen LogP contribution < -0.4 is 0 Å². The number of rotatable bonds is 4. The van der Waals surface area contributed by atoms with Crippen LogP contribution in [0.15, 0.2) is 24.0 Å². The molecule has 0 saturated heterocycles. The monoisotopic (exact) mass is 240 g/mol. The molecule has 0 radical (unpaired) electrons. The molecule has 96 valence electrons. The van der Waals surface area contributed by atoms with Crippen LogP contribution >= 0.6 is 0 Å². The van der Waals surface area contributed by atoms with Gasteiger partial charge >= 0.3 is 5.97 Å². The molecule has 0 heterocycles. The van der Waals surface area contributed by atoms with E-state index < -0.39 is 11.5 Å². The van der Waals surface area contributed by atoms with Gasteiger partial charge in [-0.05, 0) is 18.1 Å². The number of methoxy groups -OCH3 is 3. The fraction of sp³-hybridized carbons (Fsp3) is 0.615. The number of carbonyl (C=O) groups is 1. The van der Waals surface area contributed by atoms with Crippen LogP contribution in [-0.2, 0) is 19.0 Å². The Balaban J connectivity index is 3.19. The molecule has 0 spiro atoms. The third kappa shape index (κ3) is 2.36. The summed E-state index contributed by atoms with van der Waals surface area (Å²) < 4.78 is 15.6. The Morgan fingerprint density at radius 3 is 2.41 bits per heavy atom. The van der Waals surface area contributed by atoms with E-state index in [4.69, 9.17) is 14.2 Å². The lowest BCUT2D eigenvalue weighted by molar-refractivity contribution is -0.154. The van der Waals surface area contributed by atoms with Crippen molar-refractivity contribution >= 4 is 5.97 Å². The van der Waals surface area contributed by atoms with Crippen LogP contribution in [0.2, 0.25) is 0 Å². The Kier molecular flexibility index (Phi) is 4.34. The number of esters is 1. The van der Waals surface area contributed by atoms with Gasteiger partial charge in [-0.15, -0.1) is 0 Å². The number of hydrogen-bond acceptors (Lipinski definition) is 4. The maximum Gasteiger partial charge on any atom is 0.315 e. The molecule has 0 amide bonds. The van der Waals surface area contributed by atoms with Crippen molar-refractivity contribution in [2.45, 2.75) is 19.4 Å². The van der Waals surface area contributed by atoms with Gasteiger partial charge in [-0.2, -0.15) is 0 Å². The SMILES string of the molecule is COC(=O)C1C=CC(OC)=CC1(OC)C(C)C. The Hall–Kier alpha value is -1.29. The predicted octanol–water partition coefficient (Wildman–Crippen LogP) is 1.92. The van der Waals surface area contributed by atoms with Gasteiger partial charge in [0.15, 0.2) is 0 Å². The number of hydrogen-bond donors (Lipinski definition) is 0. The number of carbonyl (C=O) groups excluding carboxylic acids is 1. The summed E-state index contributed by atoms with van der Waals surface area (Å²) >= 11 is 0. The molecular formula is C13H20O4. The van der Waals surface area contributed by atoms with Crippen molar-refractivity contribution in [1.82, 2.24) is 0 Å². The molecule has 0 N–H and O–H groups in total. The molecular weight excluding hydrogens is 220 g/mol. The zero-order chi connectivity index (χ0) is 13.1. The van der Waals surface area contributed by atoms with Crippen LogP contribution in [0.3, 0.4) is 0 Å². The van der Waals surface area contributed by atoms with Gasteiger partial charge in [0, 0.05) is 7.11 Å². The Bertz CT molecular complexity index is 343. The van der Waals surface area contributed by atoms with E-state index in [0.717, 1.165) is 0 Å². The van der Waals surface area contributed by atoms with Gasteiger partial charge in [-0.25, -0.2) is 0 Å². The third-order valence-corrected chi connectivity index (χ3v) is 3.25. The van der Waals surface area contributed by atoms with E-state index in [9.17, 15) is 4.79 Å². The van der Waals surface area contributed by atoms with E-state index in [0.29, 0.717) is 5.76 Å². The van der Waals surface area contributed by atoms with Gasteiger partial charge < -0.3 is 14.2 Å². The van der Waals surface area contributed by atoms with E-state index in [1.54, 1.807) is 26.4 Å².